The summed E-state index contributed by atoms with van der Waals surface area (Å²) in [4.78, 5) is 24.3. The fraction of sp³-hybridized carbons (Fsp3) is 0.190. The lowest BCUT2D eigenvalue weighted by molar-refractivity contribution is -0.131. The zero-order valence-corrected chi connectivity index (χ0v) is 21.2. The smallest absolute Gasteiger partial charge is 0.285 e. The molecule has 0 bridgehead atoms. The molecule has 162 valence electrons. The molecule has 1 aliphatic heterocycles. The molecule has 1 heterocycles. The van der Waals surface area contributed by atoms with Crippen molar-refractivity contribution in [2.45, 2.75) is 20.5 Å². The van der Waals surface area contributed by atoms with Gasteiger partial charge in [-0.1, -0.05) is 41.6 Å². The van der Waals surface area contributed by atoms with Gasteiger partial charge < -0.3 is 9.47 Å². The van der Waals surface area contributed by atoms with Crippen LogP contribution in [0.1, 0.15) is 25.0 Å². The number of hydrogen-bond acceptors (Lipinski definition) is 6. The van der Waals surface area contributed by atoms with Gasteiger partial charge in [-0.25, -0.2) is 0 Å². The summed E-state index contributed by atoms with van der Waals surface area (Å²) in [6.45, 7) is 3.95. The lowest BCUT2D eigenvalue weighted by atomic mass is 10.1. The van der Waals surface area contributed by atoms with Crippen LogP contribution in [0.15, 0.2) is 41.3 Å². The van der Waals surface area contributed by atoms with Gasteiger partial charge in [-0.15, -0.1) is 0 Å². The predicted octanol–water partition coefficient (Wildman–Crippen LogP) is 5.17. The molecule has 3 rings (SSSR count). The number of amides is 2. The van der Waals surface area contributed by atoms with E-state index in [0.29, 0.717) is 34.6 Å². The Labute approximate surface area is 208 Å². The minimum Gasteiger partial charge on any atom is -0.490 e. The first-order valence-electron chi connectivity index (χ1n) is 9.18. The van der Waals surface area contributed by atoms with E-state index in [1.54, 1.807) is 12.1 Å². The van der Waals surface area contributed by atoms with Gasteiger partial charge in [-0.2, -0.15) is 5.01 Å². The van der Waals surface area contributed by atoms with Crippen LogP contribution in [0.2, 0.25) is 5.02 Å². The fourth-order valence-corrected chi connectivity index (χ4v) is 4.86. The molecule has 0 aliphatic carbocycles. The second kappa shape index (κ2) is 10.7. The minimum atomic E-state index is -0.378. The number of hydrogen-bond donors (Lipinski definition) is 1. The van der Waals surface area contributed by atoms with Crippen LogP contribution in [0.25, 0.3) is 6.08 Å². The van der Waals surface area contributed by atoms with Gasteiger partial charge in [0.05, 0.1) is 15.1 Å². The van der Waals surface area contributed by atoms with Crippen LogP contribution < -0.4 is 14.9 Å². The van der Waals surface area contributed by atoms with Crippen molar-refractivity contribution >= 4 is 80.4 Å². The summed E-state index contributed by atoms with van der Waals surface area (Å²) in [5.74, 6) is 0.415. The molecule has 2 aromatic carbocycles. The zero-order valence-electron chi connectivity index (χ0n) is 16.6. The Balaban J connectivity index is 1.87. The van der Waals surface area contributed by atoms with Gasteiger partial charge in [0.15, 0.2) is 15.8 Å². The molecule has 0 saturated carbocycles. The Morgan fingerprint density at radius 3 is 2.74 bits per heavy atom. The first-order valence-corrected chi connectivity index (χ1v) is 11.9. The van der Waals surface area contributed by atoms with E-state index < -0.39 is 0 Å². The van der Waals surface area contributed by atoms with Crippen LogP contribution in [-0.4, -0.2) is 27.8 Å². The maximum atomic E-state index is 12.6. The minimum absolute atomic E-state index is 0.269. The number of hydrazine groups is 1. The van der Waals surface area contributed by atoms with Crippen LogP contribution in [0.5, 0.6) is 11.5 Å². The third-order valence-electron chi connectivity index (χ3n) is 4.02. The van der Waals surface area contributed by atoms with Crippen LogP contribution >= 0.6 is 58.2 Å². The molecular weight excluding hydrogens is 571 g/mol. The average Bonchev–Trinajstić information content (AvgIpc) is 2.96. The van der Waals surface area contributed by atoms with E-state index in [1.807, 2.05) is 37.3 Å². The Morgan fingerprint density at radius 1 is 1.32 bits per heavy atom. The van der Waals surface area contributed by atoms with Crippen LogP contribution in [0.4, 0.5) is 0 Å². The summed E-state index contributed by atoms with van der Waals surface area (Å²) in [6, 6.07) is 11.2. The highest BCUT2D eigenvalue weighted by molar-refractivity contribution is 14.1. The van der Waals surface area contributed by atoms with E-state index in [4.69, 9.17) is 33.3 Å². The van der Waals surface area contributed by atoms with Gasteiger partial charge >= 0.3 is 0 Å². The number of rotatable bonds is 7. The number of benzene rings is 2. The SMILES string of the molecule is CCOc1cc(/C=C2/SC(=S)N(NC(C)=O)C2=O)cc(I)c1OCc1ccccc1Cl. The van der Waals surface area contributed by atoms with Crippen molar-refractivity contribution in [2.24, 2.45) is 0 Å². The Hall–Kier alpha value is -1.82. The molecule has 6 nitrogen and oxygen atoms in total. The molecular formula is C21H18ClIN2O4S2. The van der Waals surface area contributed by atoms with Crippen molar-refractivity contribution < 1.29 is 19.1 Å². The van der Waals surface area contributed by atoms with Crippen molar-refractivity contribution in [3.8, 4) is 11.5 Å². The number of carbonyl (C=O) groups excluding carboxylic acids is 2. The van der Waals surface area contributed by atoms with Crippen LogP contribution in [-0.2, 0) is 16.2 Å². The van der Waals surface area contributed by atoms with Gasteiger partial charge in [-0.05, 0) is 71.6 Å². The summed E-state index contributed by atoms with van der Waals surface area (Å²) in [7, 11) is 0. The van der Waals surface area contributed by atoms with Gasteiger partial charge in [-0.3, -0.25) is 15.0 Å². The van der Waals surface area contributed by atoms with E-state index in [2.05, 4.69) is 28.0 Å². The number of thioether (sulfide) groups is 1. The molecule has 31 heavy (non-hydrogen) atoms. The standard InChI is InChI=1S/C21H18ClIN2O4S2/c1-3-28-17-9-13(10-18-20(27)25(21(30)31-18)24-12(2)26)8-16(23)19(17)29-11-14-6-4-5-7-15(14)22/h4-10H,3,11H2,1-2H3,(H,24,26)/b18-10+. The molecule has 1 fully saturated rings. The van der Waals surface area contributed by atoms with Crippen molar-refractivity contribution in [1.29, 1.82) is 0 Å². The van der Waals surface area contributed by atoms with Crippen LogP contribution in [0.3, 0.4) is 0 Å². The van der Waals surface area contributed by atoms with Crippen LogP contribution in [0, 0.1) is 3.57 Å². The number of ether oxygens (including phenoxy) is 2. The molecule has 2 amide bonds. The topological polar surface area (TPSA) is 67.9 Å². The largest absolute Gasteiger partial charge is 0.490 e. The number of nitrogens with one attached hydrogen (secondary N) is 1. The van der Waals surface area contributed by atoms with E-state index >= 15 is 0 Å². The maximum Gasteiger partial charge on any atom is 0.285 e. The lowest BCUT2D eigenvalue weighted by Crippen LogP contribution is -2.43. The highest BCUT2D eigenvalue weighted by Crippen LogP contribution is 2.38. The molecule has 1 saturated heterocycles. The molecule has 0 spiro atoms. The Kier molecular flexibility index (Phi) is 8.20. The average molecular weight is 589 g/mol. The summed E-state index contributed by atoms with van der Waals surface area (Å²) in [5.41, 5.74) is 4.05. The normalized spacial score (nSPS) is 14.8. The third-order valence-corrected chi connectivity index (χ3v) is 6.49. The Morgan fingerprint density at radius 2 is 2.06 bits per heavy atom. The van der Waals surface area contributed by atoms with E-state index in [0.717, 1.165) is 31.5 Å². The molecule has 1 aliphatic rings. The maximum absolute atomic E-state index is 12.6. The first kappa shape index (κ1) is 23.8. The molecule has 10 heteroatoms. The highest BCUT2D eigenvalue weighted by atomic mass is 127. The van der Waals surface area contributed by atoms with Gasteiger partial charge in [0.2, 0.25) is 5.91 Å². The lowest BCUT2D eigenvalue weighted by Gasteiger charge is -2.15. The quantitative estimate of drug-likeness (QED) is 0.273. The van der Waals surface area contributed by atoms with Gasteiger partial charge in [0.25, 0.3) is 5.91 Å². The molecule has 0 unspecified atom stereocenters. The molecule has 0 aromatic heterocycles. The molecule has 0 radical (unpaired) electrons. The van der Waals surface area contributed by atoms with Crippen molar-refractivity contribution in [2.75, 3.05) is 6.61 Å². The number of carbonyl (C=O) groups is 2. The van der Waals surface area contributed by atoms with Gasteiger partial charge in [0.1, 0.15) is 6.61 Å². The molecule has 2 aromatic rings. The highest BCUT2D eigenvalue weighted by Gasteiger charge is 2.33. The van der Waals surface area contributed by atoms with Crippen molar-refractivity contribution in [1.82, 2.24) is 10.4 Å². The predicted molar refractivity (Wildman–Crippen MR) is 135 cm³/mol. The van der Waals surface area contributed by atoms with Crippen molar-refractivity contribution in [3.63, 3.8) is 0 Å². The zero-order chi connectivity index (χ0) is 22.5. The Bertz CT molecular complexity index is 1080. The number of thiocarbonyl (C=S) groups is 1. The number of halogens is 2. The third kappa shape index (κ3) is 5.91. The fourth-order valence-electron chi connectivity index (χ4n) is 2.71. The molecule has 1 N–H and O–H groups in total. The first-order chi connectivity index (χ1) is 14.8. The molecule has 0 atom stereocenters. The van der Waals surface area contributed by atoms with E-state index in [1.165, 1.54) is 6.92 Å². The second-order valence-electron chi connectivity index (χ2n) is 6.33. The summed E-state index contributed by atoms with van der Waals surface area (Å²) in [5, 5.41) is 1.71. The second-order valence-corrected chi connectivity index (χ2v) is 9.57. The number of nitrogens with zero attached hydrogens (tertiary/aromatic N) is 1. The van der Waals surface area contributed by atoms with Gasteiger partial charge in [0, 0.05) is 17.5 Å². The summed E-state index contributed by atoms with van der Waals surface area (Å²) >= 11 is 14.7. The van der Waals surface area contributed by atoms with E-state index in [-0.39, 0.29) is 16.1 Å². The van der Waals surface area contributed by atoms with E-state index in [9.17, 15) is 9.59 Å². The summed E-state index contributed by atoms with van der Waals surface area (Å²) < 4.78 is 12.9. The van der Waals surface area contributed by atoms with Crippen molar-refractivity contribution in [3.05, 3.63) is 61.0 Å². The monoisotopic (exact) mass is 588 g/mol. The summed E-state index contributed by atoms with van der Waals surface area (Å²) in [6.07, 6.45) is 1.71.